The van der Waals surface area contributed by atoms with E-state index in [1.54, 1.807) is 0 Å². The average Bonchev–Trinajstić information content (AvgIpc) is 2.49. The van der Waals surface area contributed by atoms with Gasteiger partial charge in [-0.1, -0.05) is 0 Å². The summed E-state index contributed by atoms with van der Waals surface area (Å²) in [6.45, 7) is 6.61. The zero-order chi connectivity index (χ0) is 12.2. The van der Waals surface area contributed by atoms with Crippen molar-refractivity contribution in [3.8, 4) is 0 Å². The second-order valence-electron chi connectivity index (χ2n) is 4.71. The van der Waals surface area contributed by atoms with Gasteiger partial charge >= 0.3 is 0 Å². The van der Waals surface area contributed by atoms with E-state index in [2.05, 4.69) is 32.2 Å². The molecule has 0 bridgehead atoms. The molecule has 1 N–H and O–H groups in total. The van der Waals surface area contributed by atoms with E-state index < -0.39 is 0 Å². The van der Waals surface area contributed by atoms with Gasteiger partial charge in [0.25, 0.3) is 0 Å². The molecular formula is C13H20N4S. The Morgan fingerprint density at radius 3 is 2.61 bits per heavy atom. The van der Waals surface area contributed by atoms with Crippen molar-refractivity contribution in [3.63, 3.8) is 0 Å². The van der Waals surface area contributed by atoms with Crippen molar-refractivity contribution in [3.05, 3.63) is 18.3 Å². The zero-order valence-corrected chi connectivity index (χ0v) is 11.5. The molecule has 1 aromatic heterocycles. The maximum absolute atomic E-state index is 4.53. The van der Waals surface area contributed by atoms with Crippen LogP contribution >= 0.6 is 11.8 Å². The summed E-state index contributed by atoms with van der Waals surface area (Å²) in [6, 6.07) is 4.38. The van der Waals surface area contributed by atoms with Gasteiger partial charge in [0.2, 0.25) is 0 Å². The Hall–Kier alpha value is -0.940. The summed E-state index contributed by atoms with van der Waals surface area (Å²) in [6.07, 6.45) is 1.95. The molecule has 0 aromatic carbocycles. The first-order valence-corrected chi connectivity index (χ1v) is 7.83. The maximum Gasteiger partial charge on any atom is 0.130 e. The molecule has 2 aliphatic heterocycles. The van der Waals surface area contributed by atoms with Gasteiger partial charge in [0.05, 0.1) is 0 Å². The first-order chi connectivity index (χ1) is 8.93. The average molecular weight is 264 g/mol. The molecule has 98 valence electrons. The number of nitrogens with zero attached hydrogens (tertiary/aromatic N) is 3. The Kier molecular flexibility index (Phi) is 3.90. The lowest BCUT2D eigenvalue weighted by Gasteiger charge is -2.31. The molecule has 2 saturated heterocycles. The Morgan fingerprint density at radius 1 is 1.06 bits per heavy atom. The SMILES string of the molecule is c1cc(N2CCNCC2)cc(N2CCSCC2)n1. The van der Waals surface area contributed by atoms with E-state index in [0.29, 0.717) is 0 Å². The number of aromatic nitrogens is 1. The molecule has 0 atom stereocenters. The van der Waals surface area contributed by atoms with Crippen LogP contribution in [0.3, 0.4) is 0 Å². The number of anilines is 2. The standard InChI is InChI=1S/C13H20N4S/c1-2-15-13(17-7-9-18-10-8-17)11-12(1)16-5-3-14-4-6-16/h1-2,11,14H,3-10H2. The second-order valence-corrected chi connectivity index (χ2v) is 5.93. The Labute approximate surface area is 113 Å². The quantitative estimate of drug-likeness (QED) is 0.863. The van der Waals surface area contributed by atoms with E-state index >= 15 is 0 Å². The Balaban J connectivity index is 1.75. The summed E-state index contributed by atoms with van der Waals surface area (Å²) >= 11 is 2.04. The predicted octanol–water partition coefficient (Wildman–Crippen LogP) is 1.04. The predicted molar refractivity (Wildman–Crippen MR) is 78.9 cm³/mol. The van der Waals surface area contributed by atoms with Crippen LogP contribution in [-0.2, 0) is 0 Å². The maximum atomic E-state index is 4.53. The molecule has 5 heteroatoms. The van der Waals surface area contributed by atoms with Gasteiger partial charge in [0.15, 0.2) is 0 Å². The van der Waals surface area contributed by atoms with Crippen molar-refractivity contribution in [2.24, 2.45) is 0 Å². The molecule has 0 spiro atoms. The molecule has 3 heterocycles. The van der Waals surface area contributed by atoms with Gasteiger partial charge in [0.1, 0.15) is 5.82 Å². The fourth-order valence-electron chi connectivity index (χ4n) is 2.49. The molecule has 4 nitrogen and oxygen atoms in total. The van der Waals surface area contributed by atoms with Crippen LogP contribution in [0.2, 0.25) is 0 Å². The fourth-order valence-corrected chi connectivity index (χ4v) is 3.40. The van der Waals surface area contributed by atoms with E-state index in [1.165, 1.54) is 17.2 Å². The number of hydrogen-bond donors (Lipinski definition) is 1. The first kappa shape index (κ1) is 12.1. The van der Waals surface area contributed by atoms with E-state index in [9.17, 15) is 0 Å². The molecule has 1 aromatic rings. The number of piperazine rings is 1. The van der Waals surface area contributed by atoms with Crippen molar-refractivity contribution in [1.29, 1.82) is 0 Å². The Bertz CT molecular complexity index is 353. The van der Waals surface area contributed by atoms with Crippen molar-refractivity contribution < 1.29 is 0 Å². The molecule has 0 aliphatic carbocycles. The van der Waals surface area contributed by atoms with Crippen molar-refractivity contribution in [2.75, 3.05) is 60.6 Å². The van der Waals surface area contributed by atoms with E-state index in [1.807, 2.05) is 18.0 Å². The molecule has 0 amide bonds. The zero-order valence-electron chi connectivity index (χ0n) is 10.6. The number of pyridine rings is 1. The topological polar surface area (TPSA) is 31.4 Å². The smallest absolute Gasteiger partial charge is 0.130 e. The molecule has 2 aliphatic rings. The highest BCUT2D eigenvalue weighted by atomic mass is 32.2. The lowest BCUT2D eigenvalue weighted by Crippen LogP contribution is -2.43. The Morgan fingerprint density at radius 2 is 1.83 bits per heavy atom. The van der Waals surface area contributed by atoms with Crippen LogP contribution < -0.4 is 15.1 Å². The van der Waals surface area contributed by atoms with Gasteiger partial charge in [-0.05, 0) is 6.07 Å². The normalized spacial score (nSPS) is 21.1. The fraction of sp³-hybridized carbons (Fsp3) is 0.615. The van der Waals surface area contributed by atoms with Gasteiger partial charge in [-0.3, -0.25) is 0 Å². The summed E-state index contributed by atoms with van der Waals surface area (Å²) in [7, 11) is 0. The van der Waals surface area contributed by atoms with Crippen LogP contribution in [0.15, 0.2) is 18.3 Å². The van der Waals surface area contributed by atoms with Crippen molar-refractivity contribution >= 4 is 23.3 Å². The molecular weight excluding hydrogens is 244 g/mol. The number of rotatable bonds is 2. The third kappa shape index (κ3) is 2.72. The van der Waals surface area contributed by atoms with Gasteiger partial charge in [-0.2, -0.15) is 11.8 Å². The second kappa shape index (κ2) is 5.80. The molecule has 3 rings (SSSR count). The van der Waals surface area contributed by atoms with Crippen molar-refractivity contribution in [2.45, 2.75) is 0 Å². The summed E-state index contributed by atoms with van der Waals surface area (Å²) < 4.78 is 0. The third-order valence-corrected chi connectivity index (χ3v) is 4.49. The van der Waals surface area contributed by atoms with Crippen LogP contribution in [0.1, 0.15) is 0 Å². The molecule has 0 radical (unpaired) electrons. The van der Waals surface area contributed by atoms with Gasteiger partial charge in [-0.15, -0.1) is 0 Å². The number of hydrogen-bond acceptors (Lipinski definition) is 5. The first-order valence-electron chi connectivity index (χ1n) is 6.68. The molecule has 18 heavy (non-hydrogen) atoms. The van der Waals surface area contributed by atoms with Crippen molar-refractivity contribution in [1.82, 2.24) is 10.3 Å². The van der Waals surface area contributed by atoms with Crippen LogP contribution in [0, 0.1) is 0 Å². The van der Waals surface area contributed by atoms with Gasteiger partial charge in [-0.25, -0.2) is 4.98 Å². The van der Waals surface area contributed by atoms with E-state index in [0.717, 1.165) is 45.1 Å². The van der Waals surface area contributed by atoms with Gasteiger partial charge in [0, 0.05) is 68.7 Å². The minimum atomic E-state index is 1.08. The third-order valence-electron chi connectivity index (χ3n) is 3.55. The highest BCUT2D eigenvalue weighted by Gasteiger charge is 2.15. The minimum absolute atomic E-state index is 1.08. The summed E-state index contributed by atoms with van der Waals surface area (Å²) in [5.41, 5.74) is 1.32. The molecule has 2 fully saturated rings. The number of thioether (sulfide) groups is 1. The van der Waals surface area contributed by atoms with E-state index in [4.69, 9.17) is 0 Å². The van der Waals surface area contributed by atoms with Crippen LogP contribution in [0.4, 0.5) is 11.5 Å². The minimum Gasteiger partial charge on any atom is -0.369 e. The summed E-state index contributed by atoms with van der Waals surface area (Å²) in [5.74, 6) is 3.59. The van der Waals surface area contributed by atoms with Crippen LogP contribution in [0.5, 0.6) is 0 Å². The highest BCUT2D eigenvalue weighted by Crippen LogP contribution is 2.22. The highest BCUT2D eigenvalue weighted by molar-refractivity contribution is 7.99. The summed E-state index contributed by atoms with van der Waals surface area (Å²) in [5, 5.41) is 3.39. The van der Waals surface area contributed by atoms with Gasteiger partial charge < -0.3 is 15.1 Å². The number of nitrogens with one attached hydrogen (secondary N) is 1. The monoisotopic (exact) mass is 264 g/mol. The lowest BCUT2D eigenvalue weighted by atomic mass is 10.3. The van der Waals surface area contributed by atoms with Crippen LogP contribution in [-0.4, -0.2) is 55.8 Å². The van der Waals surface area contributed by atoms with Crippen LogP contribution in [0.25, 0.3) is 0 Å². The molecule has 0 unspecified atom stereocenters. The lowest BCUT2D eigenvalue weighted by molar-refractivity contribution is 0.589. The largest absolute Gasteiger partial charge is 0.369 e. The molecule has 0 saturated carbocycles. The van der Waals surface area contributed by atoms with E-state index in [-0.39, 0.29) is 0 Å². The summed E-state index contributed by atoms with van der Waals surface area (Å²) in [4.78, 5) is 9.38.